The van der Waals surface area contributed by atoms with Gasteiger partial charge in [0.15, 0.2) is 0 Å². The number of nitrogens with zero attached hydrogens (tertiary/aromatic N) is 1. The Labute approximate surface area is 117 Å². The minimum absolute atomic E-state index is 0.326. The second-order valence-corrected chi connectivity index (χ2v) is 4.28. The molecule has 0 aliphatic rings. The van der Waals surface area contributed by atoms with Crippen LogP contribution in [0.1, 0.15) is 22.8 Å². The first-order valence-electron chi connectivity index (χ1n) is 6.37. The van der Waals surface area contributed by atoms with E-state index in [-0.39, 0.29) is 5.91 Å². The van der Waals surface area contributed by atoms with Gasteiger partial charge in [0, 0.05) is 11.9 Å². The van der Waals surface area contributed by atoms with Crippen molar-refractivity contribution in [3.63, 3.8) is 0 Å². The van der Waals surface area contributed by atoms with Gasteiger partial charge in [-0.3, -0.25) is 4.79 Å². The third kappa shape index (κ3) is 2.88. The van der Waals surface area contributed by atoms with E-state index in [1.54, 1.807) is 24.4 Å². The van der Waals surface area contributed by atoms with Crippen molar-refractivity contribution in [3.05, 3.63) is 47.7 Å². The van der Waals surface area contributed by atoms with E-state index >= 15 is 0 Å². The fourth-order valence-corrected chi connectivity index (χ4v) is 1.85. The van der Waals surface area contributed by atoms with Gasteiger partial charge in [-0.1, -0.05) is 12.1 Å². The van der Waals surface area contributed by atoms with Crippen LogP contribution in [0.2, 0.25) is 0 Å². The number of pyridine rings is 1. The number of nitrogen functional groups attached to an aromatic ring is 1. The molecular weight excluding hydrogens is 254 g/mol. The van der Waals surface area contributed by atoms with E-state index in [0.717, 1.165) is 5.56 Å². The molecule has 5 nitrogen and oxygen atoms in total. The number of rotatable bonds is 4. The van der Waals surface area contributed by atoms with Crippen LogP contribution in [-0.2, 0) is 0 Å². The van der Waals surface area contributed by atoms with Gasteiger partial charge in [-0.15, -0.1) is 0 Å². The number of anilines is 2. The van der Waals surface area contributed by atoms with Gasteiger partial charge in [0.1, 0.15) is 17.1 Å². The molecule has 1 heterocycles. The minimum atomic E-state index is -0.326. The fraction of sp³-hybridized carbons (Fsp3) is 0.200. The van der Waals surface area contributed by atoms with Gasteiger partial charge in [0.2, 0.25) is 0 Å². The molecule has 0 radical (unpaired) electrons. The Morgan fingerprint density at radius 3 is 2.85 bits per heavy atom. The largest absolute Gasteiger partial charge is 0.493 e. The number of nitrogens with two attached hydrogens (primary N) is 1. The Balaban J connectivity index is 2.32. The summed E-state index contributed by atoms with van der Waals surface area (Å²) >= 11 is 0. The van der Waals surface area contributed by atoms with Crippen molar-refractivity contribution in [1.82, 2.24) is 4.98 Å². The second-order valence-electron chi connectivity index (χ2n) is 4.28. The maximum absolute atomic E-state index is 12.4. The molecule has 0 saturated heterocycles. The van der Waals surface area contributed by atoms with E-state index in [4.69, 9.17) is 10.5 Å². The normalized spacial score (nSPS) is 10.1. The van der Waals surface area contributed by atoms with Crippen molar-refractivity contribution < 1.29 is 9.53 Å². The summed E-state index contributed by atoms with van der Waals surface area (Å²) in [6.45, 7) is 4.19. The smallest absolute Gasteiger partial charge is 0.262 e. The van der Waals surface area contributed by atoms with Gasteiger partial charge in [-0.25, -0.2) is 4.98 Å². The highest BCUT2D eigenvalue weighted by Crippen LogP contribution is 2.25. The number of carbonyl (C=O) groups excluding carboxylic acids is 1. The maximum atomic E-state index is 12.4. The average molecular weight is 271 g/mol. The SMILES string of the molecule is CCOc1cccc(N)c1C(=O)Nc1ncccc1C. The standard InChI is InChI=1S/C15H17N3O2/c1-3-20-12-8-4-7-11(16)13(12)15(19)18-14-10(2)6-5-9-17-14/h4-9H,3,16H2,1-2H3,(H,17,18,19). The molecule has 1 amide bonds. The topological polar surface area (TPSA) is 77.2 Å². The van der Waals surface area contributed by atoms with Crippen LogP contribution in [0.25, 0.3) is 0 Å². The molecule has 0 fully saturated rings. The van der Waals surface area contributed by atoms with Crippen molar-refractivity contribution in [3.8, 4) is 5.75 Å². The molecular formula is C15H17N3O2. The van der Waals surface area contributed by atoms with Crippen LogP contribution in [0.3, 0.4) is 0 Å². The van der Waals surface area contributed by atoms with Crippen LogP contribution in [0.15, 0.2) is 36.5 Å². The van der Waals surface area contributed by atoms with E-state index in [9.17, 15) is 4.79 Å². The number of carbonyl (C=O) groups is 1. The number of aryl methyl sites for hydroxylation is 1. The lowest BCUT2D eigenvalue weighted by atomic mass is 10.1. The first kappa shape index (κ1) is 13.9. The number of hydrogen-bond acceptors (Lipinski definition) is 4. The molecule has 2 aromatic rings. The van der Waals surface area contributed by atoms with Gasteiger partial charge in [-0.2, -0.15) is 0 Å². The van der Waals surface area contributed by atoms with Gasteiger partial charge in [0.25, 0.3) is 5.91 Å². The van der Waals surface area contributed by atoms with Gasteiger partial charge in [-0.05, 0) is 37.6 Å². The Kier molecular flexibility index (Phi) is 4.20. The Morgan fingerprint density at radius 1 is 1.35 bits per heavy atom. The molecule has 0 saturated carbocycles. The molecule has 0 aliphatic carbocycles. The van der Waals surface area contributed by atoms with Crippen molar-refractivity contribution in [2.45, 2.75) is 13.8 Å². The molecule has 0 atom stereocenters. The molecule has 0 aliphatic heterocycles. The molecule has 20 heavy (non-hydrogen) atoms. The van der Waals surface area contributed by atoms with Crippen molar-refractivity contribution >= 4 is 17.4 Å². The second kappa shape index (κ2) is 6.06. The van der Waals surface area contributed by atoms with E-state index in [2.05, 4.69) is 10.3 Å². The van der Waals surface area contributed by atoms with Crippen LogP contribution in [0.4, 0.5) is 11.5 Å². The Hall–Kier alpha value is -2.56. The van der Waals surface area contributed by atoms with Crippen LogP contribution in [0, 0.1) is 6.92 Å². The molecule has 104 valence electrons. The van der Waals surface area contributed by atoms with Crippen molar-refractivity contribution in [2.24, 2.45) is 0 Å². The molecule has 1 aromatic carbocycles. The highest BCUT2D eigenvalue weighted by molar-refractivity contribution is 6.09. The van der Waals surface area contributed by atoms with Crippen LogP contribution >= 0.6 is 0 Å². The molecule has 0 bridgehead atoms. The van der Waals surface area contributed by atoms with E-state index in [0.29, 0.717) is 29.4 Å². The van der Waals surface area contributed by atoms with Crippen molar-refractivity contribution in [1.29, 1.82) is 0 Å². The molecule has 3 N–H and O–H groups in total. The third-order valence-electron chi connectivity index (χ3n) is 2.83. The number of ether oxygens (including phenoxy) is 1. The van der Waals surface area contributed by atoms with Crippen LogP contribution in [-0.4, -0.2) is 17.5 Å². The van der Waals surface area contributed by atoms with E-state index < -0.39 is 0 Å². The van der Waals surface area contributed by atoms with E-state index in [1.165, 1.54) is 0 Å². The summed E-state index contributed by atoms with van der Waals surface area (Å²) in [5.74, 6) is 0.662. The number of aromatic nitrogens is 1. The Bertz CT molecular complexity index is 626. The summed E-state index contributed by atoms with van der Waals surface area (Å²) in [5.41, 5.74) is 7.48. The zero-order valence-corrected chi connectivity index (χ0v) is 11.5. The number of hydrogen-bond donors (Lipinski definition) is 2. The monoisotopic (exact) mass is 271 g/mol. The average Bonchev–Trinajstić information content (AvgIpc) is 2.42. The summed E-state index contributed by atoms with van der Waals surface area (Å²) in [7, 11) is 0. The van der Waals surface area contributed by atoms with Crippen LogP contribution < -0.4 is 15.8 Å². The lowest BCUT2D eigenvalue weighted by Gasteiger charge is -2.13. The van der Waals surface area contributed by atoms with Crippen molar-refractivity contribution in [2.75, 3.05) is 17.7 Å². The first-order valence-corrected chi connectivity index (χ1v) is 6.37. The summed E-state index contributed by atoms with van der Waals surface area (Å²) in [6, 6.07) is 8.83. The number of nitrogens with one attached hydrogen (secondary N) is 1. The zero-order chi connectivity index (χ0) is 14.5. The maximum Gasteiger partial charge on any atom is 0.262 e. The Morgan fingerprint density at radius 2 is 2.15 bits per heavy atom. The fourth-order valence-electron chi connectivity index (χ4n) is 1.85. The quantitative estimate of drug-likeness (QED) is 0.838. The highest BCUT2D eigenvalue weighted by Gasteiger charge is 2.17. The van der Waals surface area contributed by atoms with Crippen LogP contribution in [0.5, 0.6) is 5.75 Å². The lowest BCUT2D eigenvalue weighted by molar-refractivity contribution is 0.102. The minimum Gasteiger partial charge on any atom is -0.493 e. The first-order chi connectivity index (χ1) is 9.63. The molecule has 2 rings (SSSR count). The summed E-state index contributed by atoms with van der Waals surface area (Å²) in [4.78, 5) is 16.5. The van der Waals surface area contributed by atoms with Gasteiger partial charge < -0.3 is 15.8 Å². The summed E-state index contributed by atoms with van der Waals surface area (Å²) in [5, 5.41) is 2.76. The third-order valence-corrected chi connectivity index (χ3v) is 2.83. The molecule has 5 heteroatoms. The van der Waals surface area contributed by atoms with E-state index in [1.807, 2.05) is 26.0 Å². The highest BCUT2D eigenvalue weighted by atomic mass is 16.5. The molecule has 0 spiro atoms. The lowest BCUT2D eigenvalue weighted by Crippen LogP contribution is -2.17. The molecule has 0 unspecified atom stereocenters. The summed E-state index contributed by atoms with van der Waals surface area (Å²) < 4.78 is 5.45. The van der Waals surface area contributed by atoms with Gasteiger partial charge in [0.05, 0.1) is 6.61 Å². The molecule has 1 aromatic heterocycles. The number of benzene rings is 1. The summed E-state index contributed by atoms with van der Waals surface area (Å²) in [6.07, 6.45) is 1.63. The predicted octanol–water partition coefficient (Wildman–Crippen LogP) is 2.62. The number of amides is 1. The van der Waals surface area contributed by atoms with Gasteiger partial charge >= 0.3 is 0 Å². The predicted molar refractivity (Wildman–Crippen MR) is 79.0 cm³/mol. The zero-order valence-electron chi connectivity index (χ0n) is 11.5.